The van der Waals surface area contributed by atoms with Crippen molar-refractivity contribution in [2.75, 3.05) is 23.7 Å². The van der Waals surface area contributed by atoms with E-state index in [-0.39, 0.29) is 6.10 Å². The molecule has 0 aromatic carbocycles. The summed E-state index contributed by atoms with van der Waals surface area (Å²) < 4.78 is 0.309. The second-order valence-corrected chi connectivity index (χ2v) is 8.56. The highest BCUT2D eigenvalue weighted by molar-refractivity contribution is 8.00. The van der Waals surface area contributed by atoms with Gasteiger partial charge in [0, 0.05) is 23.6 Å². The Labute approximate surface area is 117 Å². The van der Waals surface area contributed by atoms with Gasteiger partial charge in [-0.2, -0.15) is 11.8 Å². The molecule has 1 aromatic heterocycles. The van der Waals surface area contributed by atoms with Gasteiger partial charge in [-0.05, 0) is 33.1 Å². The van der Waals surface area contributed by atoms with Gasteiger partial charge in [-0.15, -0.1) is 0 Å². The van der Waals surface area contributed by atoms with Gasteiger partial charge in [-0.1, -0.05) is 11.3 Å². The molecule has 18 heavy (non-hydrogen) atoms. The molecule has 0 amide bonds. The van der Waals surface area contributed by atoms with Gasteiger partial charge in [0.25, 0.3) is 0 Å². The van der Waals surface area contributed by atoms with E-state index >= 15 is 0 Å². The molecule has 0 saturated carbocycles. The standard InChI is InChI=1S/C13H20N2OS2/c1-13(2)8-15(6-7-17-13)12-14-9-4-3-5-10(16)11(9)18-12/h10,16H,3-8H2,1-2H3. The summed E-state index contributed by atoms with van der Waals surface area (Å²) in [6.07, 6.45) is 2.73. The molecule has 1 saturated heterocycles. The van der Waals surface area contributed by atoms with Crippen molar-refractivity contribution in [1.82, 2.24) is 4.98 Å². The number of anilines is 1. The van der Waals surface area contributed by atoms with Gasteiger partial charge in [-0.3, -0.25) is 0 Å². The molecule has 2 heterocycles. The number of aromatic nitrogens is 1. The van der Waals surface area contributed by atoms with Crippen LogP contribution in [0.4, 0.5) is 5.13 Å². The van der Waals surface area contributed by atoms with Crippen LogP contribution in [0.1, 0.15) is 43.4 Å². The highest BCUT2D eigenvalue weighted by Crippen LogP contribution is 2.39. The maximum atomic E-state index is 10.0. The van der Waals surface area contributed by atoms with Crippen molar-refractivity contribution in [3.63, 3.8) is 0 Å². The molecule has 0 bridgehead atoms. The molecule has 1 fully saturated rings. The minimum Gasteiger partial charge on any atom is -0.388 e. The molecule has 1 N–H and O–H groups in total. The Morgan fingerprint density at radius 3 is 3.00 bits per heavy atom. The molecule has 5 heteroatoms. The topological polar surface area (TPSA) is 36.4 Å². The quantitative estimate of drug-likeness (QED) is 0.860. The number of fused-ring (bicyclic) bond motifs is 1. The van der Waals surface area contributed by atoms with Crippen LogP contribution < -0.4 is 4.90 Å². The number of aliphatic hydroxyl groups excluding tert-OH is 1. The van der Waals surface area contributed by atoms with Crippen LogP contribution in [-0.4, -0.2) is 33.7 Å². The monoisotopic (exact) mass is 284 g/mol. The third-order valence-corrected chi connectivity index (χ3v) is 6.16. The highest BCUT2D eigenvalue weighted by atomic mass is 32.2. The van der Waals surface area contributed by atoms with E-state index in [1.807, 2.05) is 11.8 Å². The molecular formula is C13H20N2OS2. The molecule has 3 rings (SSSR count). The first kappa shape index (κ1) is 12.8. The first-order valence-electron chi connectivity index (χ1n) is 6.62. The second-order valence-electron chi connectivity index (χ2n) is 5.75. The summed E-state index contributed by atoms with van der Waals surface area (Å²) in [5.41, 5.74) is 1.14. The Bertz CT molecular complexity index is 444. The lowest BCUT2D eigenvalue weighted by Gasteiger charge is -2.37. The fourth-order valence-corrected chi connectivity index (χ4v) is 4.97. The number of hydrogen-bond acceptors (Lipinski definition) is 5. The Hall–Kier alpha value is -0.260. The SMILES string of the molecule is CC1(C)CN(c2nc3c(s2)C(O)CCC3)CCS1. The molecule has 1 atom stereocenters. The third-order valence-electron chi connectivity index (χ3n) is 3.61. The molecule has 0 radical (unpaired) electrons. The van der Waals surface area contributed by atoms with Crippen LogP contribution in [0, 0.1) is 0 Å². The van der Waals surface area contributed by atoms with Crippen molar-refractivity contribution in [2.45, 2.75) is 44.0 Å². The third kappa shape index (κ3) is 2.40. The van der Waals surface area contributed by atoms with Gasteiger partial charge in [-0.25, -0.2) is 4.98 Å². The zero-order valence-electron chi connectivity index (χ0n) is 11.0. The largest absolute Gasteiger partial charge is 0.388 e. The fraction of sp³-hybridized carbons (Fsp3) is 0.769. The molecule has 3 nitrogen and oxygen atoms in total. The maximum absolute atomic E-state index is 10.0. The van der Waals surface area contributed by atoms with Gasteiger partial charge in [0.05, 0.1) is 16.7 Å². The van der Waals surface area contributed by atoms with Crippen molar-refractivity contribution in [3.05, 3.63) is 10.6 Å². The van der Waals surface area contributed by atoms with Gasteiger partial charge in [0.2, 0.25) is 0 Å². The van der Waals surface area contributed by atoms with Crippen molar-refractivity contribution in [3.8, 4) is 0 Å². The lowest BCUT2D eigenvalue weighted by Crippen LogP contribution is -2.43. The van der Waals surface area contributed by atoms with E-state index < -0.39 is 0 Å². The summed E-state index contributed by atoms with van der Waals surface area (Å²) in [4.78, 5) is 8.28. The summed E-state index contributed by atoms with van der Waals surface area (Å²) in [5, 5.41) is 11.1. The van der Waals surface area contributed by atoms with E-state index in [0.717, 1.165) is 48.1 Å². The maximum Gasteiger partial charge on any atom is 0.185 e. The Morgan fingerprint density at radius 1 is 1.44 bits per heavy atom. The summed E-state index contributed by atoms with van der Waals surface area (Å²) in [6.45, 7) is 6.73. The van der Waals surface area contributed by atoms with Crippen LogP contribution in [0.3, 0.4) is 0 Å². The molecule has 0 spiro atoms. The van der Waals surface area contributed by atoms with Gasteiger partial charge in [0.15, 0.2) is 5.13 Å². The number of nitrogens with zero attached hydrogens (tertiary/aromatic N) is 2. The highest BCUT2D eigenvalue weighted by Gasteiger charge is 2.30. The minimum absolute atomic E-state index is 0.271. The first-order valence-corrected chi connectivity index (χ1v) is 8.42. The minimum atomic E-state index is -0.271. The van der Waals surface area contributed by atoms with Crippen molar-refractivity contribution in [1.29, 1.82) is 0 Å². The van der Waals surface area contributed by atoms with Crippen LogP contribution in [0.2, 0.25) is 0 Å². The predicted molar refractivity (Wildman–Crippen MR) is 78.8 cm³/mol. The Morgan fingerprint density at radius 2 is 2.28 bits per heavy atom. The molecule has 1 aromatic rings. The van der Waals surface area contributed by atoms with E-state index in [1.54, 1.807) is 11.3 Å². The Kier molecular flexibility index (Phi) is 3.32. The number of hydrogen-bond donors (Lipinski definition) is 1. The van der Waals surface area contributed by atoms with Crippen molar-refractivity contribution in [2.24, 2.45) is 0 Å². The zero-order chi connectivity index (χ0) is 12.8. The van der Waals surface area contributed by atoms with Gasteiger partial charge < -0.3 is 10.0 Å². The number of rotatable bonds is 1. The lowest BCUT2D eigenvalue weighted by molar-refractivity contribution is 0.160. The second kappa shape index (κ2) is 4.69. The number of thioether (sulfide) groups is 1. The number of aliphatic hydroxyl groups is 1. The fourth-order valence-electron chi connectivity index (χ4n) is 2.70. The van der Waals surface area contributed by atoms with Crippen LogP contribution in [-0.2, 0) is 6.42 Å². The molecule has 1 aliphatic carbocycles. The summed E-state index contributed by atoms with van der Waals surface area (Å²) >= 11 is 3.75. The van der Waals surface area contributed by atoms with Crippen LogP contribution in [0.15, 0.2) is 0 Å². The summed E-state index contributed by atoms with van der Waals surface area (Å²) in [7, 11) is 0. The molecule has 1 aliphatic heterocycles. The molecular weight excluding hydrogens is 264 g/mol. The average Bonchev–Trinajstić information content (AvgIpc) is 2.73. The van der Waals surface area contributed by atoms with Crippen LogP contribution in [0.25, 0.3) is 0 Å². The Balaban J connectivity index is 1.84. The summed E-state index contributed by atoms with van der Waals surface area (Å²) in [6, 6.07) is 0. The smallest absolute Gasteiger partial charge is 0.185 e. The van der Waals surface area contributed by atoms with Gasteiger partial charge in [0.1, 0.15) is 0 Å². The van der Waals surface area contributed by atoms with E-state index in [0.29, 0.717) is 4.75 Å². The molecule has 2 aliphatic rings. The molecule has 1 unspecified atom stereocenters. The van der Waals surface area contributed by atoms with E-state index in [1.165, 1.54) is 5.75 Å². The van der Waals surface area contributed by atoms with Crippen LogP contribution in [0.5, 0.6) is 0 Å². The van der Waals surface area contributed by atoms with Gasteiger partial charge >= 0.3 is 0 Å². The summed E-state index contributed by atoms with van der Waals surface area (Å²) in [5.74, 6) is 1.17. The van der Waals surface area contributed by atoms with E-state index in [4.69, 9.17) is 4.98 Å². The van der Waals surface area contributed by atoms with Crippen molar-refractivity contribution >= 4 is 28.2 Å². The molecule has 100 valence electrons. The number of aryl methyl sites for hydroxylation is 1. The zero-order valence-corrected chi connectivity index (χ0v) is 12.6. The normalized spacial score (nSPS) is 27.1. The van der Waals surface area contributed by atoms with E-state index in [9.17, 15) is 5.11 Å². The van der Waals surface area contributed by atoms with Crippen molar-refractivity contribution < 1.29 is 5.11 Å². The lowest BCUT2D eigenvalue weighted by atomic mass is 10.0. The predicted octanol–water partition coefficient (Wildman–Crippen LogP) is 2.84. The average molecular weight is 284 g/mol. The van der Waals surface area contributed by atoms with E-state index in [2.05, 4.69) is 18.7 Å². The first-order chi connectivity index (χ1) is 8.55. The number of thiazole rings is 1. The van der Waals surface area contributed by atoms with Crippen LogP contribution >= 0.6 is 23.1 Å².